The van der Waals surface area contributed by atoms with E-state index >= 15 is 0 Å². The van der Waals surface area contributed by atoms with Gasteiger partial charge in [-0.25, -0.2) is 0 Å². The van der Waals surface area contributed by atoms with Crippen LogP contribution in [-0.2, 0) is 0 Å². The molecule has 0 saturated heterocycles. The van der Waals surface area contributed by atoms with E-state index in [0.717, 1.165) is 11.1 Å². The van der Waals surface area contributed by atoms with Crippen LogP contribution in [0, 0.1) is 0 Å². The van der Waals surface area contributed by atoms with Crippen molar-refractivity contribution in [3.63, 3.8) is 0 Å². The van der Waals surface area contributed by atoms with E-state index in [1.165, 1.54) is 0 Å². The molecule has 0 aliphatic carbocycles. The molecule has 2 aromatic rings. The third-order valence-electron chi connectivity index (χ3n) is 3.00. The zero-order valence-corrected chi connectivity index (χ0v) is 12.7. The minimum atomic E-state index is -0.287. The first-order valence-electron chi connectivity index (χ1n) is 6.42. The van der Waals surface area contributed by atoms with Gasteiger partial charge in [-0.1, -0.05) is 67.1 Å². The molecule has 20 heavy (non-hydrogen) atoms. The highest BCUT2D eigenvalue weighted by Gasteiger charge is 2.13. The molecule has 104 valence electrons. The van der Waals surface area contributed by atoms with Gasteiger partial charge in [0.2, 0.25) is 0 Å². The molecule has 0 bridgehead atoms. The van der Waals surface area contributed by atoms with Crippen molar-refractivity contribution in [1.82, 2.24) is 0 Å². The molecule has 0 fully saturated rings. The minimum absolute atomic E-state index is 0.287. The van der Waals surface area contributed by atoms with Crippen LogP contribution in [0.1, 0.15) is 13.3 Å². The Morgan fingerprint density at radius 1 is 1.20 bits per heavy atom. The first kappa shape index (κ1) is 14.8. The van der Waals surface area contributed by atoms with Crippen LogP contribution in [0.25, 0.3) is 11.1 Å². The molecule has 0 radical (unpaired) electrons. The summed E-state index contributed by atoms with van der Waals surface area (Å²) >= 11 is 11.2. The number of halogens is 1. The summed E-state index contributed by atoms with van der Waals surface area (Å²) in [6.07, 6.45) is 0.427. The lowest BCUT2D eigenvalue weighted by Crippen LogP contribution is -2.31. The van der Waals surface area contributed by atoms with Gasteiger partial charge in [0.15, 0.2) is 0 Å². The van der Waals surface area contributed by atoms with E-state index in [-0.39, 0.29) is 6.10 Å². The predicted octanol–water partition coefficient (Wildman–Crippen LogP) is 4.45. The topological polar surface area (TPSA) is 35.2 Å². The Bertz CT molecular complexity index is 601. The standard InChI is InChI=1S/C16H16ClNOS/c1-2-14(16(18)20)19-15-9-8-12(10-13(15)17)11-6-4-3-5-7-11/h3-10,14H,2H2,1H3,(H2,18,20). The fourth-order valence-corrected chi connectivity index (χ4v) is 2.34. The van der Waals surface area contributed by atoms with Crippen molar-refractivity contribution in [3.8, 4) is 16.9 Å². The summed E-state index contributed by atoms with van der Waals surface area (Å²) in [6.45, 7) is 1.97. The molecule has 0 aliphatic rings. The SMILES string of the molecule is CCC(Oc1ccc(-c2ccccc2)cc1Cl)C(N)=S. The first-order valence-corrected chi connectivity index (χ1v) is 7.21. The zero-order chi connectivity index (χ0) is 14.5. The van der Waals surface area contributed by atoms with Crippen molar-refractivity contribution in [2.75, 3.05) is 0 Å². The third-order valence-corrected chi connectivity index (χ3v) is 3.55. The number of ether oxygens (including phenoxy) is 1. The van der Waals surface area contributed by atoms with E-state index < -0.39 is 0 Å². The molecule has 1 unspecified atom stereocenters. The van der Waals surface area contributed by atoms with Gasteiger partial charge in [0.1, 0.15) is 16.8 Å². The van der Waals surface area contributed by atoms with Crippen LogP contribution in [0.3, 0.4) is 0 Å². The Kier molecular flexibility index (Phi) is 4.99. The molecule has 0 aliphatic heterocycles. The van der Waals surface area contributed by atoms with Gasteiger partial charge >= 0.3 is 0 Å². The summed E-state index contributed by atoms with van der Waals surface area (Å²) < 4.78 is 5.75. The maximum atomic E-state index is 6.28. The second-order valence-corrected chi connectivity index (χ2v) is 5.31. The highest BCUT2D eigenvalue weighted by molar-refractivity contribution is 7.80. The number of benzene rings is 2. The molecule has 4 heteroatoms. The molecule has 2 N–H and O–H groups in total. The van der Waals surface area contributed by atoms with E-state index in [9.17, 15) is 0 Å². The third kappa shape index (κ3) is 3.50. The lowest BCUT2D eigenvalue weighted by atomic mass is 10.1. The van der Waals surface area contributed by atoms with Gasteiger partial charge in [-0.3, -0.25) is 0 Å². The van der Waals surface area contributed by atoms with Crippen LogP contribution >= 0.6 is 23.8 Å². The first-order chi connectivity index (χ1) is 9.61. The molecule has 2 rings (SSSR count). The molecule has 0 saturated carbocycles. The normalized spacial score (nSPS) is 11.9. The molecule has 0 amide bonds. The van der Waals surface area contributed by atoms with Gasteiger partial charge in [0.05, 0.1) is 5.02 Å². The lowest BCUT2D eigenvalue weighted by molar-refractivity contribution is 0.264. The molecule has 1 atom stereocenters. The van der Waals surface area contributed by atoms with Crippen molar-refractivity contribution in [2.24, 2.45) is 5.73 Å². The Labute approximate surface area is 129 Å². The Hall–Kier alpha value is -1.58. The number of rotatable bonds is 5. The van der Waals surface area contributed by atoms with Gasteiger partial charge in [0.25, 0.3) is 0 Å². The van der Waals surface area contributed by atoms with Gasteiger partial charge in [-0.15, -0.1) is 0 Å². The highest BCUT2D eigenvalue weighted by Crippen LogP contribution is 2.31. The molecule has 2 nitrogen and oxygen atoms in total. The van der Waals surface area contributed by atoms with E-state index in [2.05, 4.69) is 0 Å². The molecular weight excluding hydrogens is 290 g/mol. The van der Waals surface area contributed by atoms with E-state index in [1.807, 2.05) is 55.5 Å². The van der Waals surface area contributed by atoms with Crippen LogP contribution in [-0.4, -0.2) is 11.1 Å². The summed E-state index contributed by atoms with van der Waals surface area (Å²) in [5.74, 6) is 0.603. The van der Waals surface area contributed by atoms with Crippen LogP contribution in [0.5, 0.6) is 5.75 Å². The minimum Gasteiger partial charge on any atom is -0.482 e. The predicted molar refractivity (Wildman–Crippen MR) is 88.4 cm³/mol. The van der Waals surface area contributed by atoms with E-state index in [4.69, 9.17) is 34.3 Å². The van der Waals surface area contributed by atoms with Crippen LogP contribution in [0.15, 0.2) is 48.5 Å². The number of hydrogen-bond acceptors (Lipinski definition) is 2. The van der Waals surface area contributed by atoms with Gasteiger partial charge < -0.3 is 10.5 Å². The highest BCUT2D eigenvalue weighted by atomic mass is 35.5. The number of thiocarbonyl (C=S) groups is 1. The molecule has 0 heterocycles. The molecule has 0 aromatic heterocycles. The fraction of sp³-hybridized carbons (Fsp3) is 0.188. The average Bonchev–Trinajstić information content (AvgIpc) is 2.46. The second kappa shape index (κ2) is 6.73. The Balaban J connectivity index is 2.24. The van der Waals surface area contributed by atoms with E-state index in [0.29, 0.717) is 22.2 Å². The second-order valence-electron chi connectivity index (χ2n) is 4.43. The summed E-state index contributed by atoms with van der Waals surface area (Å²) in [6, 6.07) is 15.8. The smallest absolute Gasteiger partial charge is 0.148 e. The maximum absolute atomic E-state index is 6.28. The van der Waals surface area contributed by atoms with Gasteiger partial charge in [-0.05, 0) is 29.7 Å². The van der Waals surface area contributed by atoms with Crippen LogP contribution < -0.4 is 10.5 Å². The van der Waals surface area contributed by atoms with Gasteiger partial charge in [-0.2, -0.15) is 0 Å². The maximum Gasteiger partial charge on any atom is 0.148 e. The fourth-order valence-electron chi connectivity index (χ4n) is 1.90. The monoisotopic (exact) mass is 305 g/mol. The van der Waals surface area contributed by atoms with Crippen molar-refractivity contribution in [3.05, 3.63) is 53.6 Å². The Morgan fingerprint density at radius 2 is 1.90 bits per heavy atom. The van der Waals surface area contributed by atoms with Gasteiger partial charge in [0, 0.05) is 0 Å². The lowest BCUT2D eigenvalue weighted by Gasteiger charge is -2.17. The summed E-state index contributed by atoms with van der Waals surface area (Å²) in [7, 11) is 0. The number of hydrogen-bond donors (Lipinski definition) is 1. The summed E-state index contributed by atoms with van der Waals surface area (Å²) in [4.78, 5) is 0.343. The molecule has 0 spiro atoms. The quantitative estimate of drug-likeness (QED) is 0.829. The average molecular weight is 306 g/mol. The van der Waals surface area contributed by atoms with Crippen molar-refractivity contribution in [2.45, 2.75) is 19.4 Å². The number of nitrogens with two attached hydrogens (primary N) is 1. The summed E-state index contributed by atoms with van der Waals surface area (Å²) in [5, 5.41) is 0.557. The largest absolute Gasteiger partial charge is 0.482 e. The van der Waals surface area contributed by atoms with E-state index in [1.54, 1.807) is 0 Å². The molecular formula is C16H16ClNOS. The Morgan fingerprint density at radius 3 is 2.45 bits per heavy atom. The van der Waals surface area contributed by atoms with Crippen molar-refractivity contribution >= 4 is 28.8 Å². The van der Waals surface area contributed by atoms with Crippen molar-refractivity contribution < 1.29 is 4.74 Å². The van der Waals surface area contributed by atoms with Crippen LogP contribution in [0.4, 0.5) is 0 Å². The van der Waals surface area contributed by atoms with Crippen molar-refractivity contribution in [1.29, 1.82) is 0 Å². The summed E-state index contributed by atoms with van der Waals surface area (Å²) in [5.41, 5.74) is 7.79. The molecule has 2 aromatic carbocycles. The zero-order valence-electron chi connectivity index (χ0n) is 11.2. The van der Waals surface area contributed by atoms with Crippen LogP contribution in [0.2, 0.25) is 5.02 Å².